The molecule has 3 N–H and O–H groups in total. The topological polar surface area (TPSA) is 129 Å². The number of rotatable bonds is 8. The molecule has 0 aliphatic rings. The Labute approximate surface area is 192 Å². The molecule has 2 aromatic carbocycles. The van der Waals surface area contributed by atoms with Crippen LogP contribution in [0.3, 0.4) is 0 Å². The number of hydrogen-bond acceptors (Lipinski definition) is 7. The number of ether oxygens (including phenoxy) is 1. The maximum absolute atomic E-state index is 12.6. The van der Waals surface area contributed by atoms with Gasteiger partial charge < -0.3 is 10.5 Å². The van der Waals surface area contributed by atoms with Crippen molar-refractivity contribution >= 4 is 44.0 Å². The minimum atomic E-state index is -3.95. The molecule has 0 radical (unpaired) electrons. The normalized spacial score (nSPS) is 11.3. The van der Waals surface area contributed by atoms with Crippen molar-refractivity contribution in [3.63, 3.8) is 0 Å². The molecule has 2 aromatic heterocycles. The number of nitrogens with two attached hydrogens (primary N) is 1. The predicted octanol–water partition coefficient (Wildman–Crippen LogP) is 3.73. The maximum Gasteiger partial charge on any atom is 0.263 e. The molecule has 0 saturated carbocycles. The van der Waals surface area contributed by atoms with E-state index in [1.807, 2.05) is 12.1 Å². The highest BCUT2D eigenvalue weighted by Crippen LogP contribution is 2.28. The van der Waals surface area contributed by atoms with E-state index in [0.717, 1.165) is 23.0 Å². The van der Waals surface area contributed by atoms with Crippen molar-refractivity contribution in [3.8, 4) is 11.5 Å². The summed E-state index contributed by atoms with van der Waals surface area (Å²) < 4.78 is 34.9. The Morgan fingerprint density at radius 2 is 2.00 bits per heavy atom. The Bertz CT molecular complexity index is 1350. The van der Waals surface area contributed by atoms with E-state index in [9.17, 15) is 13.2 Å². The van der Waals surface area contributed by atoms with Gasteiger partial charge in [0.2, 0.25) is 0 Å². The molecule has 0 bridgehead atoms. The lowest BCUT2D eigenvalue weighted by Crippen LogP contribution is -2.16. The van der Waals surface area contributed by atoms with Gasteiger partial charge in [-0.2, -0.15) is 5.10 Å². The summed E-state index contributed by atoms with van der Waals surface area (Å²) >= 11 is 7.03. The number of aromatic nitrogens is 3. The zero-order valence-corrected chi connectivity index (χ0v) is 18.7. The molecule has 9 nitrogen and oxygen atoms in total. The third-order valence-electron chi connectivity index (χ3n) is 4.28. The van der Waals surface area contributed by atoms with Crippen LogP contribution in [-0.2, 0) is 16.6 Å². The van der Waals surface area contributed by atoms with Crippen molar-refractivity contribution in [1.82, 2.24) is 14.8 Å². The number of carbonyl (C=O) groups is 1. The molecule has 0 aliphatic heterocycles. The van der Waals surface area contributed by atoms with Gasteiger partial charge in [-0.05, 0) is 35.9 Å². The molecule has 12 heteroatoms. The summed E-state index contributed by atoms with van der Waals surface area (Å²) in [6.07, 6.45) is 4.60. The molecule has 4 rings (SSSR count). The molecule has 0 atom stereocenters. The number of carbonyl (C=O) groups excluding carboxylic acids is 1. The molecule has 0 aliphatic carbocycles. The molecule has 0 spiro atoms. The fraction of sp³-hybridized carbons (Fsp3) is 0.0500. The van der Waals surface area contributed by atoms with Crippen molar-refractivity contribution in [2.45, 2.75) is 11.4 Å². The molecule has 0 fully saturated rings. The number of primary amides is 1. The number of amides is 1. The number of halogens is 1. The molecule has 0 saturated heterocycles. The van der Waals surface area contributed by atoms with E-state index in [4.69, 9.17) is 22.1 Å². The number of thiazole rings is 1. The minimum Gasteiger partial charge on any atom is -0.453 e. The summed E-state index contributed by atoms with van der Waals surface area (Å²) in [6.45, 7) is 0.489. The maximum atomic E-state index is 12.6. The van der Waals surface area contributed by atoms with E-state index in [1.165, 1.54) is 24.5 Å². The lowest BCUT2D eigenvalue weighted by atomic mass is 10.2. The third-order valence-corrected chi connectivity index (χ3v) is 6.68. The number of anilines is 1. The van der Waals surface area contributed by atoms with Gasteiger partial charge in [0, 0.05) is 16.6 Å². The molecule has 164 valence electrons. The molecule has 4 aromatic rings. The third kappa shape index (κ3) is 5.07. The fourth-order valence-electron chi connectivity index (χ4n) is 2.79. The first kappa shape index (κ1) is 21.8. The second kappa shape index (κ2) is 8.99. The number of sulfonamides is 1. The van der Waals surface area contributed by atoms with Crippen molar-refractivity contribution in [2.75, 3.05) is 4.72 Å². The Morgan fingerprint density at radius 1 is 1.22 bits per heavy atom. The summed E-state index contributed by atoms with van der Waals surface area (Å²) in [5, 5.41) is 6.72. The van der Waals surface area contributed by atoms with Crippen molar-refractivity contribution < 1.29 is 17.9 Å². The SMILES string of the molecule is NC(=O)c1cc(S(=O)(=O)Nc2nccs2)ccc1Oc1cnn(Cc2ccc(Cl)cc2)c1. The van der Waals surface area contributed by atoms with Gasteiger partial charge in [-0.15, -0.1) is 11.3 Å². The Kier molecular flexibility index (Phi) is 6.12. The first-order valence-corrected chi connectivity index (χ1v) is 11.9. The second-order valence-corrected chi connectivity index (χ2v) is 9.58. The largest absolute Gasteiger partial charge is 0.453 e. The van der Waals surface area contributed by atoms with Crippen LogP contribution in [0, 0.1) is 0 Å². The Hall–Kier alpha value is -3.41. The summed E-state index contributed by atoms with van der Waals surface area (Å²) in [7, 11) is -3.95. The van der Waals surface area contributed by atoms with Gasteiger partial charge in [-0.1, -0.05) is 23.7 Å². The minimum absolute atomic E-state index is 0.0857. The highest BCUT2D eigenvalue weighted by atomic mass is 35.5. The van der Waals surface area contributed by atoms with Crippen LogP contribution in [0.4, 0.5) is 5.13 Å². The lowest BCUT2D eigenvalue weighted by molar-refractivity contribution is 0.0998. The highest BCUT2D eigenvalue weighted by Gasteiger charge is 2.20. The number of hydrogen-bond donors (Lipinski definition) is 2. The first-order chi connectivity index (χ1) is 15.3. The van der Waals surface area contributed by atoms with Gasteiger partial charge in [0.15, 0.2) is 10.9 Å². The number of benzene rings is 2. The second-order valence-electron chi connectivity index (χ2n) is 6.57. The van der Waals surface area contributed by atoms with Crippen LogP contribution in [0.25, 0.3) is 0 Å². The van der Waals surface area contributed by atoms with Gasteiger partial charge >= 0.3 is 0 Å². The van der Waals surface area contributed by atoms with Gasteiger partial charge in [0.1, 0.15) is 5.75 Å². The summed E-state index contributed by atoms with van der Waals surface area (Å²) in [5.41, 5.74) is 6.36. The Morgan fingerprint density at radius 3 is 2.69 bits per heavy atom. The van der Waals surface area contributed by atoms with Crippen molar-refractivity contribution in [3.05, 3.63) is 82.6 Å². The number of nitrogens with zero attached hydrogens (tertiary/aromatic N) is 3. The molecular weight excluding hydrogens is 474 g/mol. The summed E-state index contributed by atoms with van der Waals surface area (Å²) in [5.74, 6) is -0.366. The van der Waals surface area contributed by atoms with Gasteiger partial charge in [0.25, 0.3) is 15.9 Å². The smallest absolute Gasteiger partial charge is 0.263 e. The monoisotopic (exact) mass is 489 g/mol. The quantitative estimate of drug-likeness (QED) is 0.388. The van der Waals surface area contributed by atoms with Crippen molar-refractivity contribution in [2.24, 2.45) is 5.73 Å². The highest BCUT2D eigenvalue weighted by molar-refractivity contribution is 7.93. The van der Waals surface area contributed by atoms with E-state index in [0.29, 0.717) is 17.3 Å². The van der Waals surface area contributed by atoms with Crippen molar-refractivity contribution in [1.29, 1.82) is 0 Å². The van der Waals surface area contributed by atoms with Crippen LogP contribution in [-0.4, -0.2) is 29.1 Å². The van der Waals surface area contributed by atoms with Gasteiger partial charge in [0.05, 0.1) is 29.4 Å². The van der Waals surface area contributed by atoms with Crippen LogP contribution < -0.4 is 15.2 Å². The van der Waals surface area contributed by atoms with Gasteiger partial charge in [-0.25, -0.2) is 13.4 Å². The van der Waals surface area contributed by atoms with E-state index < -0.39 is 15.9 Å². The van der Waals surface area contributed by atoms with Crippen LogP contribution in [0.2, 0.25) is 5.02 Å². The van der Waals surface area contributed by atoms with E-state index in [2.05, 4.69) is 14.8 Å². The lowest BCUT2D eigenvalue weighted by Gasteiger charge is -2.10. The van der Waals surface area contributed by atoms with Crippen LogP contribution in [0.15, 0.2) is 71.3 Å². The molecule has 1 amide bonds. The Balaban J connectivity index is 1.54. The zero-order valence-electron chi connectivity index (χ0n) is 16.3. The number of nitrogens with one attached hydrogen (secondary N) is 1. The first-order valence-electron chi connectivity index (χ1n) is 9.11. The van der Waals surface area contributed by atoms with Crippen LogP contribution in [0.5, 0.6) is 11.5 Å². The molecular formula is C20H16ClN5O4S2. The molecule has 32 heavy (non-hydrogen) atoms. The molecule has 0 unspecified atom stereocenters. The van der Waals surface area contributed by atoms with E-state index in [1.54, 1.807) is 28.4 Å². The molecule has 2 heterocycles. The average molecular weight is 490 g/mol. The summed E-state index contributed by atoms with van der Waals surface area (Å²) in [4.78, 5) is 15.7. The van der Waals surface area contributed by atoms with Gasteiger partial charge in [-0.3, -0.25) is 14.2 Å². The fourth-order valence-corrected chi connectivity index (χ4v) is 4.73. The summed E-state index contributed by atoms with van der Waals surface area (Å²) in [6, 6.07) is 11.2. The average Bonchev–Trinajstić information content (AvgIpc) is 3.41. The predicted molar refractivity (Wildman–Crippen MR) is 121 cm³/mol. The van der Waals surface area contributed by atoms with Crippen LogP contribution >= 0.6 is 22.9 Å². The standard InChI is InChI=1S/C20H16ClN5O4S2/c21-14-3-1-13(2-4-14)11-26-12-15(10-24-26)30-18-6-5-16(9-17(18)19(22)27)32(28,29)25-20-23-7-8-31-20/h1-10,12H,11H2,(H2,22,27)(H,23,25). The van der Waals surface area contributed by atoms with E-state index in [-0.39, 0.29) is 21.3 Å². The van der Waals surface area contributed by atoms with Crippen LogP contribution in [0.1, 0.15) is 15.9 Å². The van der Waals surface area contributed by atoms with E-state index >= 15 is 0 Å². The zero-order chi connectivity index (χ0) is 22.7.